The van der Waals surface area contributed by atoms with Gasteiger partial charge in [-0.3, -0.25) is 14.9 Å². The molecule has 2 rings (SSSR count). The lowest BCUT2D eigenvalue weighted by Crippen LogP contribution is -2.30. The first-order valence-electron chi connectivity index (χ1n) is 7.10. The highest BCUT2D eigenvalue weighted by Gasteiger charge is 2.24. The third-order valence-electron chi connectivity index (χ3n) is 3.88. The summed E-state index contributed by atoms with van der Waals surface area (Å²) in [5.41, 5.74) is 1.05. The van der Waals surface area contributed by atoms with Crippen LogP contribution in [-0.2, 0) is 0 Å². The van der Waals surface area contributed by atoms with Gasteiger partial charge in [0.2, 0.25) is 0 Å². The van der Waals surface area contributed by atoms with Crippen LogP contribution in [0, 0.1) is 10.1 Å². The molecule has 0 bridgehead atoms. The predicted molar refractivity (Wildman–Crippen MR) is 86.5 cm³/mol. The van der Waals surface area contributed by atoms with Crippen molar-refractivity contribution in [3.05, 3.63) is 33.9 Å². The highest BCUT2D eigenvalue weighted by atomic mass is 32.2. The van der Waals surface area contributed by atoms with E-state index in [1.165, 1.54) is 13.0 Å². The standard InChI is InChI=1S/C15H20N2O3S/c1-11(18)12-6-7-14(15(9-12)17(19)20)16-8-4-3-5-13(10-16)21-2/h6-7,9,13H,3-5,8,10H2,1-2H3. The Morgan fingerprint density at radius 3 is 2.81 bits per heavy atom. The van der Waals surface area contributed by atoms with Crippen LogP contribution in [0.25, 0.3) is 0 Å². The number of anilines is 1. The van der Waals surface area contributed by atoms with Crippen LogP contribution in [0.3, 0.4) is 0 Å². The van der Waals surface area contributed by atoms with Crippen LogP contribution < -0.4 is 4.90 Å². The molecule has 1 unspecified atom stereocenters. The molecule has 1 aliphatic rings. The van der Waals surface area contributed by atoms with E-state index in [9.17, 15) is 14.9 Å². The van der Waals surface area contributed by atoms with Crippen LogP contribution in [0.4, 0.5) is 11.4 Å². The summed E-state index contributed by atoms with van der Waals surface area (Å²) in [7, 11) is 0. The van der Waals surface area contributed by atoms with Crippen LogP contribution in [0.15, 0.2) is 18.2 Å². The van der Waals surface area contributed by atoms with Crippen LogP contribution in [0.5, 0.6) is 0 Å². The second kappa shape index (κ2) is 6.93. The Kier molecular flexibility index (Phi) is 5.22. The number of carbonyl (C=O) groups is 1. The summed E-state index contributed by atoms with van der Waals surface area (Å²) >= 11 is 1.81. The van der Waals surface area contributed by atoms with Crippen LogP contribution in [0.1, 0.15) is 36.5 Å². The van der Waals surface area contributed by atoms with Crippen molar-refractivity contribution in [2.45, 2.75) is 31.4 Å². The second-order valence-electron chi connectivity index (χ2n) is 5.32. The first-order valence-corrected chi connectivity index (χ1v) is 8.39. The molecule has 1 atom stereocenters. The summed E-state index contributed by atoms with van der Waals surface area (Å²) in [6, 6.07) is 4.80. The van der Waals surface area contributed by atoms with Gasteiger partial charge in [0.05, 0.1) is 4.92 Å². The molecule has 1 aromatic carbocycles. The Bertz CT molecular complexity index is 548. The molecule has 1 aliphatic heterocycles. The molecule has 0 amide bonds. The van der Waals surface area contributed by atoms with E-state index in [0.717, 1.165) is 32.4 Å². The van der Waals surface area contributed by atoms with E-state index in [0.29, 0.717) is 16.5 Å². The number of nitro benzene ring substituents is 1. The molecular formula is C15H20N2O3S. The molecule has 0 saturated carbocycles. The summed E-state index contributed by atoms with van der Waals surface area (Å²) in [5.74, 6) is -0.150. The predicted octanol–water partition coefficient (Wildman–Crippen LogP) is 3.52. The quantitative estimate of drug-likeness (QED) is 0.484. The number of hydrogen-bond donors (Lipinski definition) is 0. The monoisotopic (exact) mass is 308 g/mol. The van der Waals surface area contributed by atoms with Crippen molar-refractivity contribution >= 4 is 28.9 Å². The van der Waals surface area contributed by atoms with Crippen molar-refractivity contribution < 1.29 is 9.72 Å². The van der Waals surface area contributed by atoms with Gasteiger partial charge in [-0.05, 0) is 38.2 Å². The number of thioether (sulfide) groups is 1. The number of Topliss-reactive ketones (excluding diaryl/α,β-unsaturated/α-hetero) is 1. The van der Waals surface area contributed by atoms with Crippen molar-refractivity contribution in [1.29, 1.82) is 0 Å². The molecule has 114 valence electrons. The fourth-order valence-electron chi connectivity index (χ4n) is 2.67. The first kappa shape index (κ1) is 15.8. The second-order valence-corrected chi connectivity index (χ2v) is 6.45. The molecule has 0 radical (unpaired) electrons. The summed E-state index contributed by atoms with van der Waals surface area (Å²) in [4.78, 5) is 24.5. The number of benzene rings is 1. The highest BCUT2D eigenvalue weighted by Crippen LogP contribution is 2.32. The minimum atomic E-state index is -0.388. The zero-order chi connectivity index (χ0) is 15.4. The zero-order valence-electron chi connectivity index (χ0n) is 12.4. The van der Waals surface area contributed by atoms with Crippen LogP contribution in [-0.4, -0.2) is 35.3 Å². The summed E-state index contributed by atoms with van der Waals surface area (Å²) in [6.45, 7) is 3.08. The van der Waals surface area contributed by atoms with Gasteiger partial charge in [-0.1, -0.05) is 6.42 Å². The van der Waals surface area contributed by atoms with Gasteiger partial charge < -0.3 is 4.90 Å². The third kappa shape index (κ3) is 3.75. The van der Waals surface area contributed by atoms with Crippen molar-refractivity contribution in [1.82, 2.24) is 0 Å². The molecule has 1 fully saturated rings. The van der Waals surface area contributed by atoms with Gasteiger partial charge in [0.25, 0.3) is 5.69 Å². The van der Waals surface area contributed by atoms with Gasteiger partial charge in [0.1, 0.15) is 5.69 Å². The Hall–Kier alpha value is -1.56. The minimum absolute atomic E-state index is 0.0319. The Labute approximate surface area is 128 Å². The number of hydrogen-bond acceptors (Lipinski definition) is 5. The van der Waals surface area contributed by atoms with Crippen LogP contribution >= 0.6 is 11.8 Å². The van der Waals surface area contributed by atoms with Crippen LogP contribution in [0.2, 0.25) is 0 Å². The normalized spacial score (nSPS) is 19.1. The van der Waals surface area contributed by atoms with E-state index in [1.807, 2.05) is 11.8 Å². The fourth-order valence-corrected chi connectivity index (χ4v) is 3.40. The molecular weight excluding hydrogens is 288 g/mol. The van der Waals surface area contributed by atoms with Gasteiger partial charge in [-0.15, -0.1) is 0 Å². The lowest BCUT2D eigenvalue weighted by Gasteiger charge is -2.25. The number of nitro groups is 1. The Balaban J connectivity index is 2.37. The lowest BCUT2D eigenvalue weighted by molar-refractivity contribution is -0.384. The minimum Gasteiger partial charge on any atom is -0.365 e. The number of ketones is 1. The largest absolute Gasteiger partial charge is 0.365 e. The van der Waals surface area contributed by atoms with Gasteiger partial charge in [0, 0.05) is 30.0 Å². The molecule has 0 aliphatic carbocycles. The van der Waals surface area contributed by atoms with Gasteiger partial charge >= 0.3 is 0 Å². The zero-order valence-corrected chi connectivity index (χ0v) is 13.2. The maximum absolute atomic E-state index is 11.4. The third-order valence-corrected chi connectivity index (χ3v) is 4.93. The highest BCUT2D eigenvalue weighted by molar-refractivity contribution is 7.99. The number of carbonyl (C=O) groups excluding carboxylic acids is 1. The maximum atomic E-state index is 11.4. The van der Waals surface area contributed by atoms with E-state index >= 15 is 0 Å². The lowest BCUT2D eigenvalue weighted by atomic mass is 10.1. The topological polar surface area (TPSA) is 63.5 Å². The van der Waals surface area contributed by atoms with E-state index in [1.54, 1.807) is 12.1 Å². The van der Waals surface area contributed by atoms with Crippen molar-refractivity contribution in [3.63, 3.8) is 0 Å². The van der Waals surface area contributed by atoms with Gasteiger partial charge in [0.15, 0.2) is 5.78 Å². The SMILES string of the molecule is CSC1CCCCN(c2ccc(C(C)=O)cc2[N+](=O)[O-])C1. The molecule has 1 saturated heterocycles. The van der Waals surface area contributed by atoms with E-state index in [4.69, 9.17) is 0 Å². The van der Waals surface area contributed by atoms with E-state index in [2.05, 4.69) is 11.2 Å². The van der Waals surface area contributed by atoms with Crippen molar-refractivity contribution in [3.8, 4) is 0 Å². The summed E-state index contributed by atoms with van der Waals surface area (Å²) < 4.78 is 0. The average molecular weight is 308 g/mol. The average Bonchev–Trinajstić information content (AvgIpc) is 2.71. The molecule has 5 nitrogen and oxygen atoms in total. The molecule has 6 heteroatoms. The Morgan fingerprint density at radius 2 is 2.19 bits per heavy atom. The molecule has 1 heterocycles. The molecule has 21 heavy (non-hydrogen) atoms. The van der Waals surface area contributed by atoms with Gasteiger partial charge in [-0.25, -0.2) is 0 Å². The summed E-state index contributed by atoms with van der Waals surface area (Å²) in [5, 5.41) is 11.8. The van der Waals surface area contributed by atoms with E-state index < -0.39 is 0 Å². The maximum Gasteiger partial charge on any atom is 0.293 e. The Morgan fingerprint density at radius 1 is 1.43 bits per heavy atom. The molecule has 0 N–H and O–H groups in total. The molecule has 0 spiro atoms. The smallest absolute Gasteiger partial charge is 0.293 e. The summed E-state index contributed by atoms with van der Waals surface area (Å²) in [6.07, 6.45) is 5.43. The number of rotatable bonds is 4. The first-order chi connectivity index (χ1) is 10.0. The van der Waals surface area contributed by atoms with Crippen molar-refractivity contribution in [2.24, 2.45) is 0 Å². The number of nitrogens with zero attached hydrogens (tertiary/aromatic N) is 2. The fraction of sp³-hybridized carbons (Fsp3) is 0.533. The van der Waals surface area contributed by atoms with E-state index in [-0.39, 0.29) is 16.4 Å². The van der Waals surface area contributed by atoms with Gasteiger partial charge in [-0.2, -0.15) is 11.8 Å². The molecule has 0 aromatic heterocycles. The molecule has 1 aromatic rings. The van der Waals surface area contributed by atoms with Crippen molar-refractivity contribution in [2.75, 3.05) is 24.2 Å².